The lowest BCUT2D eigenvalue weighted by molar-refractivity contribution is -0.144. The van der Waals surface area contributed by atoms with Crippen LogP contribution in [0.4, 0.5) is 13.2 Å². The standard InChI is InChI=1S/C20H22F3NO3/c1-2-14(19(25)26)12-7-9-13(10-8-12)27-17-11-18(20(21,22)23)24-16-6-4-3-5-15(16)17/h3-6,11-14H,2,7-10H2,1H3,(H,25,26)/t12-,13+,14?. The molecule has 7 heteroatoms. The van der Waals surface area contributed by atoms with Crippen molar-refractivity contribution in [3.63, 3.8) is 0 Å². The molecular formula is C20H22F3NO3. The number of rotatable bonds is 5. The molecule has 1 N–H and O–H groups in total. The number of hydrogen-bond acceptors (Lipinski definition) is 3. The summed E-state index contributed by atoms with van der Waals surface area (Å²) in [5.41, 5.74) is -0.727. The summed E-state index contributed by atoms with van der Waals surface area (Å²) in [5, 5.41) is 9.85. The minimum Gasteiger partial charge on any atom is -0.490 e. The molecule has 1 unspecified atom stereocenters. The molecular weight excluding hydrogens is 359 g/mol. The lowest BCUT2D eigenvalue weighted by Crippen LogP contribution is -2.31. The van der Waals surface area contributed by atoms with E-state index in [9.17, 15) is 23.1 Å². The number of carbonyl (C=O) groups is 1. The summed E-state index contributed by atoms with van der Waals surface area (Å²) in [5.74, 6) is -0.879. The second-order valence-electron chi connectivity index (χ2n) is 7.03. The fraction of sp³-hybridized carbons (Fsp3) is 0.500. The van der Waals surface area contributed by atoms with E-state index in [0.717, 1.165) is 6.07 Å². The number of nitrogens with zero attached hydrogens (tertiary/aromatic N) is 1. The summed E-state index contributed by atoms with van der Waals surface area (Å²) < 4.78 is 45.4. The van der Waals surface area contributed by atoms with E-state index in [1.807, 2.05) is 6.92 Å². The first-order chi connectivity index (χ1) is 12.8. The lowest BCUT2D eigenvalue weighted by Gasteiger charge is -2.32. The smallest absolute Gasteiger partial charge is 0.433 e. The molecule has 1 aliphatic carbocycles. The topological polar surface area (TPSA) is 59.4 Å². The van der Waals surface area contributed by atoms with Crippen LogP contribution in [0.1, 0.15) is 44.7 Å². The number of benzene rings is 1. The molecule has 1 aromatic heterocycles. The third-order valence-corrected chi connectivity index (χ3v) is 5.31. The number of pyridine rings is 1. The highest BCUT2D eigenvalue weighted by Crippen LogP contribution is 2.37. The van der Waals surface area contributed by atoms with Gasteiger partial charge in [0.25, 0.3) is 0 Å². The van der Waals surface area contributed by atoms with Crippen molar-refractivity contribution in [2.75, 3.05) is 0 Å². The van der Waals surface area contributed by atoms with Gasteiger partial charge in [-0.3, -0.25) is 4.79 Å². The van der Waals surface area contributed by atoms with Gasteiger partial charge in [-0.25, -0.2) is 4.98 Å². The Kier molecular flexibility index (Phi) is 5.58. The quantitative estimate of drug-likeness (QED) is 0.763. The van der Waals surface area contributed by atoms with Crippen molar-refractivity contribution in [3.8, 4) is 5.75 Å². The van der Waals surface area contributed by atoms with Gasteiger partial charge in [-0.15, -0.1) is 0 Å². The molecule has 0 aliphatic heterocycles. The highest BCUT2D eigenvalue weighted by molar-refractivity contribution is 5.85. The van der Waals surface area contributed by atoms with Gasteiger partial charge in [-0.05, 0) is 50.2 Å². The Bertz CT molecular complexity index is 814. The normalized spacial score (nSPS) is 21.8. The zero-order valence-electron chi connectivity index (χ0n) is 15.0. The van der Waals surface area contributed by atoms with E-state index in [1.165, 1.54) is 6.07 Å². The van der Waals surface area contributed by atoms with Crippen LogP contribution in [0.3, 0.4) is 0 Å². The third-order valence-electron chi connectivity index (χ3n) is 5.31. The molecule has 146 valence electrons. The predicted molar refractivity (Wildman–Crippen MR) is 94.5 cm³/mol. The number of alkyl halides is 3. The molecule has 4 nitrogen and oxygen atoms in total. The van der Waals surface area contributed by atoms with Crippen LogP contribution in [0.25, 0.3) is 10.9 Å². The number of ether oxygens (including phenoxy) is 1. The van der Waals surface area contributed by atoms with Crippen molar-refractivity contribution in [2.45, 2.75) is 51.3 Å². The van der Waals surface area contributed by atoms with E-state index in [1.54, 1.807) is 18.2 Å². The summed E-state index contributed by atoms with van der Waals surface area (Å²) >= 11 is 0. The van der Waals surface area contributed by atoms with Crippen LogP contribution in [0.15, 0.2) is 30.3 Å². The highest BCUT2D eigenvalue weighted by atomic mass is 19.4. The Hall–Kier alpha value is -2.31. The number of aliphatic carboxylic acids is 1. The molecule has 1 heterocycles. The van der Waals surface area contributed by atoms with Crippen molar-refractivity contribution >= 4 is 16.9 Å². The molecule has 0 saturated heterocycles. The van der Waals surface area contributed by atoms with Crippen molar-refractivity contribution in [1.29, 1.82) is 0 Å². The minimum absolute atomic E-state index is 0.0901. The number of carboxylic acid groups (broad SMARTS) is 1. The molecule has 27 heavy (non-hydrogen) atoms. The Morgan fingerprint density at radius 1 is 1.26 bits per heavy atom. The van der Waals surface area contributed by atoms with Crippen LogP contribution >= 0.6 is 0 Å². The first kappa shape index (κ1) is 19.5. The molecule has 1 fully saturated rings. The van der Waals surface area contributed by atoms with Gasteiger partial charge >= 0.3 is 12.1 Å². The number of hydrogen-bond donors (Lipinski definition) is 1. The van der Waals surface area contributed by atoms with E-state index in [4.69, 9.17) is 4.74 Å². The number of fused-ring (bicyclic) bond motifs is 1. The van der Waals surface area contributed by atoms with Crippen molar-refractivity contribution in [1.82, 2.24) is 4.98 Å². The van der Waals surface area contributed by atoms with Crippen LogP contribution in [-0.4, -0.2) is 22.2 Å². The van der Waals surface area contributed by atoms with Crippen LogP contribution < -0.4 is 4.74 Å². The average Bonchev–Trinajstić information content (AvgIpc) is 2.62. The Morgan fingerprint density at radius 3 is 2.52 bits per heavy atom. The SMILES string of the molecule is CCC(C(=O)O)[C@H]1CC[C@@H](Oc2cc(C(F)(F)F)nc3ccccc23)CC1. The van der Waals surface area contributed by atoms with Crippen LogP contribution in [0.2, 0.25) is 0 Å². The van der Waals surface area contributed by atoms with E-state index in [2.05, 4.69) is 4.98 Å². The monoisotopic (exact) mass is 381 g/mol. The number of halogens is 3. The van der Waals surface area contributed by atoms with E-state index in [-0.39, 0.29) is 29.2 Å². The molecule has 0 bridgehead atoms. The van der Waals surface area contributed by atoms with Gasteiger partial charge in [-0.2, -0.15) is 13.2 Å². The molecule has 0 radical (unpaired) electrons. The number of aromatic nitrogens is 1. The van der Waals surface area contributed by atoms with Gasteiger partial charge < -0.3 is 9.84 Å². The number of carboxylic acids is 1. The van der Waals surface area contributed by atoms with Gasteiger partial charge in [0.1, 0.15) is 11.4 Å². The van der Waals surface area contributed by atoms with Crippen molar-refractivity contribution in [2.24, 2.45) is 11.8 Å². The second kappa shape index (κ2) is 7.74. The van der Waals surface area contributed by atoms with Gasteiger partial charge in [0, 0.05) is 11.5 Å². The van der Waals surface area contributed by atoms with Crippen LogP contribution in [0, 0.1) is 11.8 Å². The zero-order chi connectivity index (χ0) is 19.6. The first-order valence-electron chi connectivity index (χ1n) is 9.16. The average molecular weight is 381 g/mol. The maximum Gasteiger partial charge on any atom is 0.433 e. The Balaban J connectivity index is 1.78. The molecule has 2 aromatic rings. The molecule has 1 aliphatic rings. The maximum atomic E-state index is 13.2. The van der Waals surface area contributed by atoms with E-state index in [0.29, 0.717) is 37.5 Å². The fourth-order valence-electron chi connectivity index (χ4n) is 3.88. The fourth-order valence-corrected chi connectivity index (χ4v) is 3.88. The summed E-state index contributed by atoms with van der Waals surface area (Å²) in [6, 6.07) is 7.57. The van der Waals surface area contributed by atoms with Gasteiger partial charge in [-0.1, -0.05) is 19.1 Å². The predicted octanol–water partition coefficient (Wildman–Crippen LogP) is 5.30. The van der Waals surface area contributed by atoms with E-state index >= 15 is 0 Å². The largest absolute Gasteiger partial charge is 0.490 e. The van der Waals surface area contributed by atoms with Crippen molar-refractivity contribution in [3.05, 3.63) is 36.0 Å². The van der Waals surface area contributed by atoms with E-state index < -0.39 is 17.8 Å². The highest BCUT2D eigenvalue weighted by Gasteiger charge is 2.35. The minimum atomic E-state index is -4.55. The van der Waals surface area contributed by atoms with Gasteiger partial charge in [0.15, 0.2) is 0 Å². The molecule has 1 aromatic carbocycles. The Labute approximate surface area is 155 Å². The lowest BCUT2D eigenvalue weighted by atomic mass is 9.78. The maximum absolute atomic E-state index is 13.2. The number of para-hydroxylation sites is 1. The van der Waals surface area contributed by atoms with Gasteiger partial charge in [0.05, 0.1) is 17.5 Å². The van der Waals surface area contributed by atoms with Gasteiger partial charge in [0.2, 0.25) is 0 Å². The van der Waals surface area contributed by atoms with Crippen LogP contribution in [-0.2, 0) is 11.0 Å². The van der Waals surface area contributed by atoms with Crippen LogP contribution in [0.5, 0.6) is 5.75 Å². The first-order valence-corrected chi connectivity index (χ1v) is 9.16. The molecule has 3 rings (SSSR count). The summed E-state index contributed by atoms with van der Waals surface area (Å²) in [6.45, 7) is 1.86. The second-order valence-corrected chi connectivity index (χ2v) is 7.03. The third kappa shape index (κ3) is 4.34. The summed E-state index contributed by atoms with van der Waals surface area (Å²) in [4.78, 5) is 15.0. The summed E-state index contributed by atoms with van der Waals surface area (Å²) in [7, 11) is 0. The zero-order valence-corrected chi connectivity index (χ0v) is 15.0. The molecule has 0 spiro atoms. The molecule has 0 amide bonds. The molecule has 1 saturated carbocycles. The van der Waals surface area contributed by atoms with Crippen molar-refractivity contribution < 1.29 is 27.8 Å². The molecule has 1 atom stereocenters. The Morgan fingerprint density at radius 2 is 1.93 bits per heavy atom. The summed E-state index contributed by atoms with van der Waals surface area (Å²) in [6.07, 6.45) is -1.53.